The Morgan fingerprint density at radius 2 is 1.52 bits per heavy atom. The van der Waals surface area contributed by atoms with E-state index in [0.717, 1.165) is 43.6 Å². The average molecular weight is 487 g/mol. The van der Waals surface area contributed by atoms with E-state index in [0.29, 0.717) is 10.0 Å². The summed E-state index contributed by atoms with van der Waals surface area (Å²) in [6, 6.07) is 15.0. The zero-order valence-corrected chi connectivity index (χ0v) is 18.6. The molecule has 0 amide bonds. The van der Waals surface area contributed by atoms with Crippen molar-refractivity contribution in [2.75, 3.05) is 6.61 Å². The van der Waals surface area contributed by atoms with Gasteiger partial charge in [0.1, 0.15) is 24.4 Å². The zero-order valence-electron chi connectivity index (χ0n) is 17.1. The minimum Gasteiger partial charge on any atom is -0.394 e. The van der Waals surface area contributed by atoms with E-state index in [-0.39, 0.29) is 0 Å². The van der Waals surface area contributed by atoms with E-state index in [1.165, 1.54) is 0 Å². The number of hydrogen-bond donors (Lipinski definition) is 5. The Balaban J connectivity index is 1.73. The molecule has 3 heterocycles. The Morgan fingerprint density at radius 1 is 0.818 bits per heavy atom. The van der Waals surface area contributed by atoms with Gasteiger partial charge in [-0.3, -0.25) is 0 Å². The van der Waals surface area contributed by atoms with Gasteiger partial charge in [-0.1, -0.05) is 41.4 Å². The normalized spacial score (nSPS) is 26.2. The summed E-state index contributed by atoms with van der Waals surface area (Å²) in [5.41, 5.74) is 3.12. The number of rotatable bonds is 2. The quantitative estimate of drug-likeness (QED) is 0.261. The molecule has 2 aromatic heterocycles. The van der Waals surface area contributed by atoms with E-state index in [9.17, 15) is 20.4 Å². The first-order valence-corrected chi connectivity index (χ1v) is 11.3. The van der Waals surface area contributed by atoms with E-state index in [1.807, 2.05) is 42.5 Å². The molecular weight excluding hydrogens is 467 g/mol. The molecule has 1 aliphatic heterocycles. The van der Waals surface area contributed by atoms with Crippen molar-refractivity contribution in [1.29, 1.82) is 0 Å². The number of aliphatic hydroxyl groups excluding tert-OH is 4. The Bertz CT molecular complexity index is 1540. The number of hydrogen-bond acceptors (Lipinski definition) is 5. The first-order chi connectivity index (χ1) is 15.9. The van der Waals surface area contributed by atoms with Crippen LogP contribution in [0.5, 0.6) is 0 Å². The molecule has 9 heteroatoms. The molecule has 0 spiro atoms. The highest BCUT2D eigenvalue weighted by Gasteiger charge is 2.45. The van der Waals surface area contributed by atoms with Gasteiger partial charge in [-0.25, -0.2) is 0 Å². The lowest BCUT2D eigenvalue weighted by Gasteiger charge is -2.41. The summed E-state index contributed by atoms with van der Waals surface area (Å²) >= 11 is 12.5. The van der Waals surface area contributed by atoms with Gasteiger partial charge in [0.25, 0.3) is 0 Å². The summed E-state index contributed by atoms with van der Waals surface area (Å²) in [7, 11) is 0. The zero-order chi connectivity index (χ0) is 23.0. The number of aliphatic hydroxyl groups is 4. The van der Waals surface area contributed by atoms with E-state index >= 15 is 0 Å². The maximum atomic E-state index is 10.9. The number of benzene rings is 3. The second-order valence-corrected chi connectivity index (χ2v) is 9.32. The molecule has 0 aliphatic carbocycles. The second-order valence-electron chi connectivity index (χ2n) is 8.45. The summed E-state index contributed by atoms with van der Waals surface area (Å²) in [5.74, 6) is 0. The highest BCUT2D eigenvalue weighted by molar-refractivity contribution is 6.33. The molecule has 5 N–H and O–H groups in total. The number of aromatic nitrogens is 2. The van der Waals surface area contributed by atoms with Crippen molar-refractivity contribution >= 4 is 66.8 Å². The number of fused-ring (bicyclic) bond motifs is 7. The number of nitrogens with zero attached hydrogens (tertiary/aromatic N) is 1. The SMILES string of the molecule is OCC1OC(n2c3ccc(Cl)cc3c3ccc4c5ccc(Cl)cc5[nH]c4c32)C(O)C(O)C1O. The largest absolute Gasteiger partial charge is 0.394 e. The summed E-state index contributed by atoms with van der Waals surface area (Å²) in [5, 5.41) is 46.2. The average Bonchev–Trinajstić information content (AvgIpc) is 3.32. The van der Waals surface area contributed by atoms with Crippen molar-refractivity contribution in [1.82, 2.24) is 9.55 Å². The van der Waals surface area contributed by atoms with Crippen LogP contribution in [0.25, 0.3) is 43.6 Å². The van der Waals surface area contributed by atoms with Crippen molar-refractivity contribution < 1.29 is 25.2 Å². The highest BCUT2D eigenvalue weighted by Crippen LogP contribution is 2.42. The predicted molar refractivity (Wildman–Crippen MR) is 128 cm³/mol. The second kappa shape index (κ2) is 7.58. The van der Waals surface area contributed by atoms with Crippen LogP contribution in [-0.2, 0) is 4.74 Å². The van der Waals surface area contributed by atoms with Gasteiger partial charge < -0.3 is 34.7 Å². The molecule has 170 valence electrons. The lowest BCUT2D eigenvalue weighted by atomic mass is 9.98. The molecule has 5 unspecified atom stereocenters. The molecule has 1 fully saturated rings. The van der Waals surface area contributed by atoms with Crippen molar-refractivity contribution in [3.05, 3.63) is 58.6 Å². The lowest BCUT2D eigenvalue weighted by molar-refractivity contribution is -0.249. The van der Waals surface area contributed by atoms with Gasteiger partial charge in [0.05, 0.1) is 23.2 Å². The fraction of sp³-hybridized carbons (Fsp3) is 0.250. The van der Waals surface area contributed by atoms with Crippen LogP contribution in [0.15, 0.2) is 48.5 Å². The predicted octanol–water partition coefficient (Wildman–Crippen LogP) is 3.71. The maximum Gasteiger partial charge on any atom is 0.163 e. The Kier molecular flexibility index (Phi) is 4.87. The lowest BCUT2D eigenvalue weighted by Crippen LogP contribution is -2.56. The molecule has 3 aromatic carbocycles. The molecule has 5 aromatic rings. The first-order valence-electron chi connectivity index (χ1n) is 10.5. The molecule has 5 atom stereocenters. The van der Waals surface area contributed by atoms with Crippen molar-refractivity contribution in [3.8, 4) is 0 Å². The topological polar surface area (TPSA) is 111 Å². The molecule has 0 saturated carbocycles. The fourth-order valence-corrected chi connectivity index (χ4v) is 5.36. The van der Waals surface area contributed by atoms with Crippen LogP contribution in [-0.4, -0.2) is 61.0 Å². The molecule has 1 aliphatic rings. The summed E-state index contributed by atoms with van der Waals surface area (Å²) in [6.45, 7) is -0.509. The van der Waals surface area contributed by atoms with Gasteiger partial charge in [-0.15, -0.1) is 0 Å². The van der Waals surface area contributed by atoms with Crippen LogP contribution in [0.3, 0.4) is 0 Å². The number of H-pyrrole nitrogens is 1. The van der Waals surface area contributed by atoms with Crippen LogP contribution in [0, 0.1) is 0 Å². The van der Waals surface area contributed by atoms with Crippen LogP contribution in [0.1, 0.15) is 6.23 Å². The van der Waals surface area contributed by atoms with Crippen LogP contribution >= 0.6 is 23.2 Å². The third-order valence-corrected chi connectivity index (χ3v) is 7.05. The van der Waals surface area contributed by atoms with E-state index in [4.69, 9.17) is 27.9 Å². The molecule has 7 nitrogen and oxygen atoms in total. The molecular formula is C24H20Cl2N2O5. The van der Waals surface area contributed by atoms with Gasteiger partial charge in [0.15, 0.2) is 6.23 Å². The third kappa shape index (κ3) is 3.02. The highest BCUT2D eigenvalue weighted by atomic mass is 35.5. The van der Waals surface area contributed by atoms with Gasteiger partial charge in [0.2, 0.25) is 0 Å². The standard InChI is InChI=1S/C24H20Cl2N2O5/c25-10-2-6-17-15(7-10)14-5-4-13-12-3-1-11(26)8-16(12)27-19(13)20(14)28(17)24-23(32)22(31)21(30)18(9-29)33-24/h1-8,18,21-24,27,29-32H,9H2. The van der Waals surface area contributed by atoms with Crippen molar-refractivity contribution in [2.45, 2.75) is 30.6 Å². The van der Waals surface area contributed by atoms with E-state index in [1.54, 1.807) is 10.6 Å². The van der Waals surface area contributed by atoms with Crippen molar-refractivity contribution in [2.24, 2.45) is 0 Å². The third-order valence-electron chi connectivity index (χ3n) is 6.58. The first kappa shape index (κ1) is 21.2. The molecule has 1 saturated heterocycles. The van der Waals surface area contributed by atoms with Gasteiger partial charge in [-0.2, -0.15) is 0 Å². The summed E-state index contributed by atoms with van der Waals surface area (Å²) < 4.78 is 7.74. The molecule has 6 rings (SSSR count). The molecule has 33 heavy (non-hydrogen) atoms. The minimum atomic E-state index is -1.50. The van der Waals surface area contributed by atoms with Crippen LogP contribution in [0.4, 0.5) is 0 Å². The summed E-state index contributed by atoms with van der Waals surface area (Å²) in [4.78, 5) is 3.44. The fourth-order valence-electron chi connectivity index (χ4n) is 5.01. The smallest absolute Gasteiger partial charge is 0.163 e. The van der Waals surface area contributed by atoms with Crippen LogP contribution < -0.4 is 0 Å². The molecule has 0 bridgehead atoms. The molecule has 0 radical (unpaired) electrons. The van der Waals surface area contributed by atoms with Crippen molar-refractivity contribution in [3.63, 3.8) is 0 Å². The minimum absolute atomic E-state index is 0.509. The number of nitrogens with one attached hydrogen (secondary N) is 1. The number of ether oxygens (including phenoxy) is 1. The number of aromatic amines is 1. The Hall–Kier alpha value is -2.36. The maximum absolute atomic E-state index is 10.9. The number of halogens is 2. The summed E-state index contributed by atoms with van der Waals surface area (Å²) in [6.07, 6.45) is -6.48. The van der Waals surface area contributed by atoms with Crippen LogP contribution in [0.2, 0.25) is 10.0 Å². The van der Waals surface area contributed by atoms with E-state index < -0.39 is 37.3 Å². The van der Waals surface area contributed by atoms with Gasteiger partial charge >= 0.3 is 0 Å². The Morgan fingerprint density at radius 3 is 2.30 bits per heavy atom. The van der Waals surface area contributed by atoms with E-state index in [2.05, 4.69) is 4.98 Å². The van der Waals surface area contributed by atoms with Gasteiger partial charge in [0, 0.05) is 37.1 Å². The Labute approximate surface area is 197 Å². The van der Waals surface area contributed by atoms with Gasteiger partial charge in [-0.05, 0) is 30.3 Å². The monoisotopic (exact) mass is 486 g/mol.